The van der Waals surface area contributed by atoms with Gasteiger partial charge in [0.1, 0.15) is 5.84 Å². The first-order chi connectivity index (χ1) is 4.33. The van der Waals surface area contributed by atoms with Crippen molar-refractivity contribution in [1.29, 1.82) is 0 Å². The van der Waals surface area contributed by atoms with Crippen LogP contribution < -0.4 is 11.3 Å². The summed E-state index contributed by atoms with van der Waals surface area (Å²) in [6, 6.07) is 0. The zero-order valence-electron chi connectivity index (χ0n) is 5.72. The quantitative estimate of drug-likeness (QED) is 0.362. The summed E-state index contributed by atoms with van der Waals surface area (Å²) in [5.41, 5.74) is 2.58. The molecule has 0 saturated heterocycles. The number of hydrogen-bond donors (Lipinski definition) is 2. The van der Waals surface area contributed by atoms with E-state index in [0.29, 0.717) is 0 Å². The summed E-state index contributed by atoms with van der Waals surface area (Å²) in [6.45, 7) is 3.15. The number of nitrogens with one attached hydrogen (secondary N) is 1. The molecule has 0 aromatic heterocycles. The predicted molar refractivity (Wildman–Crippen MR) is 38.0 cm³/mol. The van der Waals surface area contributed by atoms with Crippen molar-refractivity contribution in [2.24, 2.45) is 16.8 Å². The molecule has 3 heteroatoms. The van der Waals surface area contributed by atoms with Crippen molar-refractivity contribution in [3.8, 4) is 0 Å². The Bertz CT molecular complexity index is 119. The normalized spacial score (nSPS) is 27.3. The van der Waals surface area contributed by atoms with Gasteiger partial charge in [-0.1, -0.05) is 6.92 Å². The third kappa shape index (κ3) is 1.68. The molecule has 0 aliphatic carbocycles. The molecular formula is C6H13N3. The summed E-state index contributed by atoms with van der Waals surface area (Å²) < 4.78 is 0. The van der Waals surface area contributed by atoms with E-state index in [0.717, 1.165) is 24.7 Å². The topological polar surface area (TPSA) is 50.4 Å². The Balaban J connectivity index is 2.43. The summed E-state index contributed by atoms with van der Waals surface area (Å²) in [5, 5.41) is 0. The van der Waals surface area contributed by atoms with Crippen molar-refractivity contribution in [1.82, 2.24) is 5.43 Å². The Labute approximate surface area is 55.3 Å². The Morgan fingerprint density at radius 2 is 2.56 bits per heavy atom. The Hall–Kier alpha value is -0.570. The number of rotatable bonds is 0. The summed E-state index contributed by atoms with van der Waals surface area (Å²) >= 11 is 0. The molecule has 0 bridgehead atoms. The van der Waals surface area contributed by atoms with Crippen LogP contribution in [0.3, 0.4) is 0 Å². The fraction of sp³-hybridized carbons (Fsp3) is 0.833. The Morgan fingerprint density at radius 1 is 1.78 bits per heavy atom. The lowest BCUT2D eigenvalue weighted by Gasteiger charge is -2.16. The molecule has 0 saturated carbocycles. The van der Waals surface area contributed by atoms with Gasteiger partial charge in [-0.05, 0) is 12.3 Å². The van der Waals surface area contributed by atoms with Crippen LogP contribution in [-0.2, 0) is 0 Å². The highest BCUT2D eigenvalue weighted by atomic mass is 15.2. The highest BCUT2D eigenvalue weighted by Crippen LogP contribution is 2.11. The van der Waals surface area contributed by atoms with Crippen molar-refractivity contribution >= 4 is 5.84 Å². The fourth-order valence-corrected chi connectivity index (χ4v) is 1.02. The molecule has 1 heterocycles. The molecule has 1 atom stereocenters. The van der Waals surface area contributed by atoms with Gasteiger partial charge >= 0.3 is 0 Å². The van der Waals surface area contributed by atoms with Crippen LogP contribution in [-0.4, -0.2) is 12.4 Å². The molecule has 1 rings (SSSR count). The standard InChI is InChI=1S/C6H13N3/c1-5-2-3-8-6(4-5)9-7/h5H,2-4,7H2,1H3,(H,8,9). The molecule has 1 aliphatic rings. The van der Waals surface area contributed by atoms with Crippen LogP contribution in [0.15, 0.2) is 4.99 Å². The van der Waals surface area contributed by atoms with E-state index in [1.807, 2.05) is 0 Å². The summed E-state index contributed by atoms with van der Waals surface area (Å²) in [6.07, 6.45) is 2.21. The average molecular weight is 127 g/mol. The lowest BCUT2D eigenvalue weighted by Crippen LogP contribution is -2.33. The number of nitrogens with zero attached hydrogens (tertiary/aromatic N) is 1. The van der Waals surface area contributed by atoms with E-state index in [4.69, 9.17) is 5.84 Å². The van der Waals surface area contributed by atoms with Crippen LogP contribution >= 0.6 is 0 Å². The van der Waals surface area contributed by atoms with Crippen LogP contribution in [0.5, 0.6) is 0 Å². The van der Waals surface area contributed by atoms with E-state index >= 15 is 0 Å². The van der Waals surface area contributed by atoms with E-state index in [1.165, 1.54) is 6.42 Å². The molecular weight excluding hydrogens is 114 g/mol. The lowest BCUT2D eigenvalue weighted by molar-refractivity contribution is 0.531. The van der Waals surface area contributed by atoms with Gasteiger partial charge < -0.3 is 5.43 Å². The number of hydrazine groups is 1. The van der Waals surface area contributed by atoms with Crippen molar-refractivity contribution in [2.75, 3.05) is 6.54 Å². The predicted octanol–water partition coefficient (Wildman–Crippen LogP) is 0.278. The van der Waals surface area contributed by atoms with Crippen LogP contribution in [0.1, 0.15) is 19.8 Å². The SMILES string of the molecule is CC1CCN=C(NN)C1. The highest BCUT2D eigenvalue weighted by molar-refractivity contribution is 5.82. The number of aliphatic imine (C=N–C) groups is 1. The lowest BCUT2D eigenvalue weighted by atomic mass is 10.0. The van der Waals surface area contributed by atoms with E-state index < -0.39 is 0 Å². The second-order valence-corrected chi connectivity index (χ2v) is 2.57. The molecule has 0 spiro atoms. The van der Waals surface area contributed by atoms with Gasteiger partial charge in [-0.25, -0.2) is 5.84 Å². The monoisotopic (exact) mass is 127 g/mol. The van der Waals surface area contributed by atoms with Gasteiger partial charge in [0.15, 0.2) is 0 Å². The maximum atomic E-state index is 5.18. The maximum Gasteiger partial charge on any atom is 0.110 e. The number of nitrogens with two attached hydrogens (primary N) is 1. The first-order valence-electron chi connectivity index (χ1n) is 3.33. The molecule has 0 radical (unpaired) electrons. The van der Waals surface area contributed by atoms with Crippen molar-refractivity contribution < 1.29 is 0 Å². The van der Waals surface area contributed by atoms with E-state index in [9.17, 15) is 0 Å². The molecule has 52 valence electrons. The zero-order valence-corrected chi connectivity index (χ0v) is 5.72. The van der Waals surface area contributed by atoms with Crippen molar-refractivity contribution in [3.63, 3.8) is 0 Å². The van der Waals surface area contributed by atoms with Crippen LogP contribution in [0.2, 0.25) is 0 Å². The third-order valence-electron chi connectivity index (χ3n) is 1.63. The van der Waals surface area contributed by atoms with Gasteiger partial charge in [-0.2, -0.15) is 0 Å². The molecule has 1 unspecified atom stereocenters. The van der Waals surface area contributed by atoms with Crippen molar-refractivity contribution in [2.45, 2.75) is 19.8 Å². The first-order valence-corrected chi connectivity index (χ1v) is 3.33. The van der Waals surface area contributed by atoms with Gasteiger partial charge in [0.05, 0.1) is 0 Å². The van der Waals surface area contributed by atoms with Gasteiger partial charge in [-0.3, -0.25) is 4.99 Å². The van der Waals surface area contributed by atoms with Crippen LogP contribution in [0, 0.1) is 5.92 Å². The molecule has 0 fully saturated rings. The largest absolute Gasteiger partial charge is 0.312 e. The van der Waals surface area contributed by atoms with Crippen molar-refractivity contribution in [3.05, 3.63) is 0 Å². The fourth-order valence-electron chi connectivity index (χ4n) is 1.02. The maximum absolute atomic E-state index is 5.18. The minimum absolute atomic E-state index is 0.744. The molecule has 1 aliphatic heterocycles. The smallest absolute Gasteiger partial charge is 0.110 e. The van der Waals surface area contributed by atoms with Crippen LogP contribution in [0.25, 0.3) is 0 Å². The Kier molecular flexibility index (Phi) is 2.05. The number of hydrogen-bond acceptors (Lipinski definition) is 3. The molecule has 0 aromatic rings. The second-order valence-electron chi connectivity index (χ2n) is 2.57. The summed E-state index contributed by atoms with van der Waals surface area (Å²) in [7, 11) is 0. The first kappa shape index (κ1) is 6.55. The second kappa shape index (κ2) is 2.82. The Morgan fingerprint density at radius 3 is 3.00 bits per heavy atom. The van der Waals surface area contributed by atoms with E-state index in [-0.39, 0.29) is 0 Å². The molecule has 9 heavy (non-hydrogen) atoms. The molecule has 0 amide bonds. The van der Waals surface area contributed by atoms with E-state index in [1.54, 1.807) is 0 Å². The summed E-state index contributed by atoms with van der Waals surface area (Å²) in [4.78, 5) is 4.18. The zero-order chi connectivity index (χ0) is 6.69. The highest BCUT2D eigenvalue weighted by Gasteiger charge is 2.09. The minimum Gasteiger partial charge on any atom is -0.312 e. The molecule has 3 nitrogen and oxygen atoms in total. The van der Waals surface area contributed by atoms with E-state index in [2.05, 4.69) is 17.3 Å². The van der Waals surface area contributed by atoms with Crippen LogP contribution in [0.4, 0.5) is 0 Å². The minimum atomic E-state index is 0.744. The molecule has 0 aromatic carbocycles. The summed E-state index contributed by atoms with van der Waals surface area (Å²) in [5.74, 6) is 6.88. The average Bonchev–Trinajstić information content (AvgIpc) is 1.88. The van der Waals surface area contributed by atoms with Gasteiger partial charge in [0, 0.05) is 13.0 Å². The van der Waals surface area contributed by atoms with Gasteiger partial charge in [0.25, 0.3) is 0 Å². The van der Waals surface area contributed by atoms with Gasteiger partial charge in [0.2, 0.25) is 0 Å². The van der Waals surface area contributed by atoms with Gasteiger partial charge in [-0.15, -0.1) is 0 Å². The molecule has 3 N–H and O–H groups in total. The number of amidine groups is 1. The third-order valence-corrected chi connectivity index (χ3v) is 1.63.